The standard InChI is InChI=1S/C16H23ClFN/c1-3-11-7-9-12(10-8-11)16(19-2)13-5-4-6-14(17)15(13)18/h4-6,11-12,16,19H,3,7-10H2,1-2H3. The second-order valence-corrected chi connectivity index (χ2v) is 6.01. The molecule has 0 saturated heterocycles. The van der Waals surface area contributed by atoms with Crippen LogP contribution in [0.1, 0.15) is 50.6 Å². The maximum atomic E-state index is 14.2. The quantitative estimate of drug-likeness (QED) is 0.824. The SMILES string of the molecule is CCC1CCC(C(NC)c2cccc(Cl)c2F)CC1. The molecule has 1 saturated carbocycles. The number of hydrogen-bond donors (Lipinski definition) is 1. The fourth-order valence-electron chi connectivity index (χ4n) is 3.34. The number of benzene rings is 1. The summed E-state index contributed by atoms with van der Waals surface area (Å²) in [6.07, 6.45) is 6.15. The Labute approximate surface area is 120 Å². The van der Waals surface area contributed by atoms with E-state index in [0.29, 0.717) is 5.92 Å². The molecule has 1 nitrogen and oxygen atoms in total. The molecule has 1 aromatic carbocycles. The molecule has 2 rings (SSSR count). The minimum Gasteiger partial charge on any atom is -0.313 e. The molecule has 106 valence electrons. The summed E-state index contributed by atoms with van der Waals surface area (Å²) in [5.41, 5.74) is 0.718. The Bertz CT molecular complexity index is 413. The predicted octanol–water partition coefficient (Wildman–Crippen LogP) is 4.96. The Morgan fingerprint density at radius 3 is 2.58 bits per heavy atom. The molecule has 0 amide bonds. The molecule has 0 heterocycles. The van der Waals surface area contributed by atoms with Gasteiger partial charge in [0.05, 0.1) is 5.02 Å². The Hall–Kier alpha value is -0.600. The van der Waals surface area contributed by atoms with Crippen molar-refractivity contribution in [1.82, 2.24) is 5.32 Å². The molecule has 3 heteroatoms. The Kier molecular flexibility index (Phi) is 5.23. The molecule has 1 atom stereocenters. The third-order valence-electron chi connectivity index (χ3n) is 4.57. The summed E-state index contributed by atoms with van der Waals surface area (Å²) >= 11 is 5.90. The molecule has 0 spiro atoms. The summed E-state index contributed by atoms with van der Waals surface area (Å²) < 4.78 is 14.2. The van der Waals surface area contributed by atoms with E-state index in [4.69, 9.17) is 11.6 Å². The highest BCUT2D eigenvalue weighted by Gasteiger charge is 2.29. The third-order valence-corrected chi connectivity index (χ3v) is 4.86. The number of rotatable bonds is 4. The molecular formula is C16H23ClFN. The van der Waals surface area contributed by atoms with E-state index in [9.17, 15) is 4.39 Å². The van der Waals surface area contributed by atoms with Gasteiger partial charge in [-0.1, -0.05) is 49.9 Å². The van der Waals surface area contributed by atoms with Crippen LogP contribution in [0.5, 0.6) is 0 Å². The smallest absolute Gasteiger partial charge is 0.146 e. The molecule has 0 bridgehead atoms. The lowest BCUT2D eigenvalue weighted by molar-refractivity contribution is 0.221. The van der Waals surface area contributed by atoms with Crippen molar-refractivity contribution < 1.29 is 4.39 Å². The number of hydrogen-bond acceptors (Lipinski definition) is 1. The maximum Gasteiger partial charge on any atom is 0.146 e. The van der Waals surface area contributed by atoms with Crippen molar-refractivity contribution in [1.29, 1.82) is 0 Å². The molecule has 1 aliphatic rings. The van der Waals surface area contributed by atoms with Crippen molar-refractivity contribution in [2.24, 2.45) is 11.8 Å². The Morgan fingerprint density at radius 2 is 2.00 bits per heavy atom. The highest BCUT2D eigenvalue weighted by Crippen LogP contribution is 2.39. The summed E-state index contributed by atoms with van der Waals surface area (Å²) in [5, 5.41) is 3.51. The molecule has 19 heavy (non-hydrogen) atoms. The van der Waals surface area contributed by atoms with Crippen LogP contribution in [0.15, 0.2) is 18.2 Å². The lowest BCUT2D eigenvalue weighted by atomic mass is 9.76. The van der Waals surface area contributed by atoms with Crippen LogP contribution in [-0.2, 0) is 0 Å². The minimum absolute atomic E-state index is 0.0801. The summed E-state index contributed by atoms with van der Waals surface area (Å²) in [5.74, 6) is 1.11. The second-order valence-electron chi connectivity index (χ2n) is 5.60. The first-order chi connectivity index (χ1) is 9.17. The average Bonchev–Trinajstić information content (AvgIpc) is 2.45. The highest BCUT2D eigenvalue weighted by atomic mass is 35.5. The fourth-order valence-corrected chi connectivity index (χ4v) is 3.52. The van der Waals surface area contributed by atoms with Gasteiger partial charge in [-0.25, -0.2) is 4.39 Å². The van der Waals surface area contributed by atoms with Gasteiger partial charge in [0.25, 0.3) is 0 Å². The monoisotopic (exact) mass is 283 g/mol. The third kappa shape index (κ3) is 3.29. The van der Waals surface area contributed by atoms with Crippen LogP contribution in [0.2, 0.25) is 5.02 Å². The van der Waals surface area contributed by atoms with E-state index < -0.39 is 0 Å². The van der Waals surface area contributed by atoms with Crippen molar-refractivity contribution in [3.8, 4) is 0 Å². The average molecular weight is 284 g/mol. The van der Waals surface area contributed by atoms with Crippen molar-refractivity contribution in [2.75, 3.05) is 7.05 Å². The van der Waals surface area contributed by atoms with E-state index in [0.717, 1.165) is 11.5 Å². The van der Waals surface area contributed by atoms with Crippen LogP contribution in [0.4, 0.5) is 4.39 Å². The van der Waals surface area contributed by atoms with E-state index in [2.05, 4.69) is 12.2 Å². The van der Waals surface area contributed by atoms with E-state index >= 15 is 0 Å². The van der Waals surface area contributed by atoms with E-state index in [1.165, 1.54) is 32.1 Å². The van der Waals surface area contributed by atoms with Gasteiger partial charge in [0.2, 0.25) is 0 Å². The summed E-state index contributed by atoms with van der Waals surface area (Å²) in [4.78, 5) is 0. The lowest BCUT2D eigenvalue weighted by Crippen LogP contribution is -2.29. The first-order valence-corrected chi connectivity index (χ1v) is 7.66. The zero-order chi connectivity index (χ0) is 13.8. The number of halogens is 2. The maximum absolute atomic E-state index is 14.2. The van der Waals surface area contributed by atoms with Crippen molar-refractivity contribution >= 4 is 11.6 Å². The number of nitrogens with one attached hydrogen (secondary N) is 1. The topological polar surface area (TPSA) is 12.0 Å². The van der Waals surface area contributed by atoms with Crippen LogP contribution in [0.25, 0.3) is 0 Å². The molecule has 1 unspecified atom stereocenters. The first-order valence-electron chi connectivity index (χ1n) is 7.28. The first kappa shape index (κ1) is 14.8. The lowest BCUT2D eigenvalue weighted by Gasteiger charge is -2.34. The zero-order valence-electron chi connectivity index (χ0n) is 11.8. The molecule has 1 N–H and O–H groups in total. The van der Waals surface area contributed by atoms with Gasteiger partial charge in [-0.3, -0.25) is 0 Å². The van der Waals surface area contributed by atoms with Crippen LogP contribution in [-0.4, -0.2) is 7.05 Å². The Morgan fingerprint density at radius 1 is 1.32 bits per heavy atom. The zero-order valence-corrected chi connectivity index (χ0v) is 12.5. The highest BCUT2D eigenvalue weighted by molar-refractivity contribution is 6.30. The van der Waals surface area contributed by atoms with Gasteiger partial charge in [0.15, 0.2) is 0 Å². The summed E-state index contributed by atoms with van der Waals surface area (Å²) in [6.45, 7) is 2.26. The molecular weight excluding hydrogens is 261 g/mol. The molecule has 1 aliphatic carbocycles. The van der Waals surface area contributed by atoms with E-state index in [1.54, 1.807) is 6.07 Å². The van der Waals surface area contributed by atoms with E-state index in [-0.39, 0.29) is 16.9 Å². The van der Waals surface area contributed by atoms with Gasteiger partial charge in [-0.15, -0.1) is 0 Å². The van der Waals surface area contributed by atoms with Crippen molar-refractivity contribution in [3.63, 3.8) is 0 Å². The summed E-state index contributed by atoms with van der Waals surface area (Å²) in [6, 6.07) is 5.38. The normalized spacial score (nSPS) is 25.3. The van der Waals surface area contributed by atoms with E-state index in [1.807, 2.05) is 19.2 Å². The van der Waals surface area contributed by atoms with Gasteiger partial charge in [-0.2, -0.15) is 0 Å². The van der Waals surface area contributed by atoms with Crippen LogP contribution >= 0.6 is 11.6 Å². The summed E-state index contributed by atoms with van der Waals surface area (Å²) in [7, 11) is 1.91. The molecule has 0 aliphatic heterocycles. The van der Waals surface area contributed by atoms with Crippen LogP contribution in [0.3, 0.4) is 0 Å². The van der Waals surface area contributed by atoms with Crippen molar-refractivity contribution in [3.05, 3.63) is 34.6 Å². The van der Waals surface area contributed by atoms with Gasteiger partial charge < -0.3 is 5.32 Å². The second kappa shape index (κ2) is 6.71. The molecule has 1 aromatic rings. The van der Waals surface area contributed by atoms with Crippen LogP contribution < -0.4 is 5.32 Å². The minimum atomic E-state index is -0.263. The van der Waals surface area contributed by atoms with Gasteiger partial charge >= 0.3 is 0 Å². The molecule has 1 fully saturated rings. The van der Waals surface area contributed by atoms with Crippen molar-refractivity contribution in [2.45, 2.75) is 45.1 Å². The van der Waals surface area contributed by atoms with Crippen LogP contribution in [0, 0.1) is 17.7 Å². The van der Waals surface area contributed by atoms with Gasteiger partial charge in [0, 0.05) is 11.6 Å². The predicted molar refractivity (Wildman–Crippen MR) is 78.9 cm³/mol. The molecule has 0 aromatic heterocycles. The molecule has 0 radical (unpaired) electrons. The van der Waals surface area contributed by atoms with Gasteiger partial charge in [0.1, 0.15) is 5.82 Å². The largest absolute Gasteiger partial charge is 0.313 e. The fraction of sp³-hybridized carbons (Fsp3) is 0.625. The Balaban J connectivity index is 2.14. The van der Waals surface area contributed by atoms with Gasteiger partial charge in [-0.05, 0) is 37.8 Å².